The van der Waals surface area contributed by atoms with Crippen LogP contribution >= 0.6 is 22.9 Å². The highest BCUT2D eigenvalue weighted by Gasteiger charge is 2.19. The Bertz CT molecular complexity index is 629. The van der Waals surface area contributed by atoms with Gasteiger partial charge < -0.3 is 10.1 Å². The zero-order valence-electron chi connectivity index (χ0n) is 12.2. The van der Waals surface area contributed by atoms with Crippen molar-refractivity contribution in [2.45, 2.75) is 38.5 Å². The number of ether oxygens (including phenoxy) is 1. The van der Waals surface area contributed by atoms with Gasteiger partial charge in [-0.3, -0.25) is 0 Å². The molecule has 0 bridgehead atoms. The van der Waals surface area contributed by atoms with Crippen molar-refractivity contribution in [1.82, 2.24) is 9.97 Å². The highest BCUT2D eigenvalue weighted by Crippen LogP contribution is 2.38. The molecule has 0 saturated carbocycles. The van der Waals surface area contributed by atoms with Crippen molar-refractivity contribution >= 4 is 39.1 Å². The van der Waals surface area contributed by atoms with Crippen LogP contribution in [0.1, 0.15) is 36.1 Å². The molecule has 4 nitrogen and oxygen atoms in total. The first-order valence-electron chi connectivity index (χ1n) is 7.50. The number of hydrogen-bond donors (Lipinski definition) is 1. The molecule has 0 fully saturated rings. The zero-order valence-corrected chi connectivity index (χ0v) is 13.8. The quantitative estimate of drug-likeness (QED) is 0.511. The monoisotopic (exact) mass is 325 g/mol. The minimum atomic E-state index is 0.591. The molecule has 1 N–H and O–H groups in total. The van der Waals surface area contributed by atoms with Gasteiger partial charge in [0, 0.05) is 25.1 Å². The summed E-state index contributed by atoms with van der Waals surface area (Å²) < 4.78 is 5.04. The van der Waals surface area contributed by atoms with Crippen molar-refractivity contribution in [2.24, 2.45) is 0 Å². The number of nitrogens with one attached hydrogen (secondary N) is 1. The van der Waals surface area contributed by atoms with Gasteiger partial charge in [-0.1, -0.05) is 18.0 Å². The number of fused-ring (bicyclic) bond motifs is 3. The first-order chi connectivity index (χ1) is 10.3. The SMILES string of the molecule is COCCCNc1nc(Cl)c2c3c(sc2n1)CCCCC3. The lowest BCUT2D eigenvalue weighted by Gasteiger charge is -2.06. The third-order valence-corrected chi connectivity index (χ3v) is 5.29. The second kappa shape index (κ2) is 6.90. The smallest absolute Gasteiger partial charge is 0.225 e. The number of halogens is 1. The summed E-state index contributed by atoms with van der Waals surface area (Å²) in [4.78, 5) is 11.5. The van der Waals surface area contributed by atoms with E-state index in [1.54, 1.807) is 18.4 Å². The molecule has 0 atom stereocenters. The van der Waals surface area contributed by atoms with E-state index in [0.29, 0.717) is 11.1 Å². The maximum absolute atomic E-state index is 6.42. The van der Waals surface area contributed by atoms with Crippen molar-refractivity contribution in [1.29, 1.82) is 0 Å². The van der Waals surface area contributed by atoms with Gasteiger partial charge in [0.15, 0.2) is 0 Å². The Morgan fingerprint density at radius 3 is 2.95 bits per heavy atom. The molecule has 114 valence electrons. The molecule has 1 aliphatic rings. The van der Waals surface area contributed by atoms with Crippen LogP contribution in [0.2, 0.25) is 5.15 Å². The van der Waals surface area contributed by atoms with E-state index in [1.165, 1.54) is 29.7 Å². The van der Waals surface area contributed by atoms with Crippen molar-refractivity contribution in [3.63, 3.8) is 0 Å². The van der Waals surface area contributed by atoms with Crippen LogP contribution in [-0.2, 0) is 17.6 Å². The van der Waals surface area contributed by atoms with E-state index in [-0.39, 0.29) is 0 Å². The van der Waals surface area contributed by atoms with E-state index in [2.05, 4.69) is 15.3 Å². The molecule has 0 radical (unpaired) electrons. The molecule has 2 aromatic heterocycles. The fraction of sp³-hybridized carbons (Fsp3) is 0.600. The standard InChI is InChI=1S/C15H20ClN3OS/c1-20-9-5-8-17-15-18-13(16)12-10-6-3-2-4-7-11(10)21-14(12)19-15/h2-9H2,1H3,(H,17,18,19). The first kappa shape index (κ1) is 15.0. The van der Waals surface area contributed by atoms with Crippen LogP contribution in [0.15, 0.2) is 0 Å². The molecule has 0 aromatic carbocycles. The summed E-state index contributed by atoms with van der Waals surface area (Å²) in [5.41, 5.74) is 1.39. The van der Waals surface area contributed by atoms with Crippen molar-refractivity contribution in [2.75, 3.05) is 25.6 Å². The fourth-order valence-electron chi connectivity index (χ4n) is 2.79. The Balaban J connectivity index is 1.86. The third kappa shape index (κ3) is 3.30. The minimum absolute atomic E-state index is 0.591. The molecule has 2 heterocycles. The number of aromatic nitrogens is 2. The lowest BCUT2D eigenvalue weighted by atomic mass is 10.1. The topological polar surface area (TPSA) is 47.0 Å². The van der Waals surface area contributed by atoms with Crippen molar-refractivity contribution in [3.05, 3.63) is 15.6 Å². The van der Waals surface area contributed by atoms with Crippen LogP contribution in [0.5, 0.6) is 0 Å². The molecule has 0 saturated heterocycles. The normalized spacial score (nSPS) is 15.0. The van der Waals surface area contributed by atoms with Gasteiger partial charge in [0.25, 0.3) is 0 Å². The van der Waals surface area contributed by atoms with Crippen molar-refractivity contribution < 1.29 is 4.74 Å². The summed E-state index contributed by atoms with van der Waals surface area (Å²) in [6, 6.07) is 0. The van der Waals surface area contributed by atoms with E-state index >= 15 is 0 Å². The molecule has 21 heavy (non-hydrogen) atoms. The van der Waals surface area contributed by atoms with E-state index in [4.69, 9.17) is 16.3 Å². The Morgan fingerprint density at radius 2 is 2.10 bits per heavy atom. The van der Waals surface area contributed by atoms with Gasteiger partial charge in [0.1, 0.15) is 9.98 Å². The molecule has 0 aliphatic heterocycles. The van der Waals surface area contributed by atoms with Crippen LogP contribution in [0, 0.1) is 0 Å². The number of nitrogens with zero attached hydrogens (tertiary/aromatic N) is 2. The van der Waals surface area contributed by atoms with Crippen LogP contribution in [-0.4, -0.2) is 30.2 Å². The van der Waals surface area contributed by atoms with Gasteiger partial charge in [-0.2, -0.15) is 0 Å². The molecular weight excluding hydrogens is 306 g/mol. The number of aryl methyl sites for hydroxylation is 2. The van der Waals surface area contributed by atoms with Crippen molar-refractivity contribution in [3.8, 4) is 0 Å². The highest BCUT2D eigenvalue weighted by molar-refractivity contribution is 7.19. The Morgan fingerprint density at radius 1 is 1.24 bits per heavy atom. The van der Waals surface area contributed by atoms with Gasteiger partial charge in [0.2, 0.25) is 5.95 Å². The van der Waals surface area contributed by atoms with E-state index in [0.717, 1.165) is 42.6 Å². The van der Waals surface area contributed by atoms with Gasteiger partial charge in [0.05, 0.1) is 5.39 Å². The number of rotatable bonds is 5. The second-order valence-electron chi connectivity index (χ2n) is 5.36. The van der Waals surface area contributed by atoms with Gasteiger partial charge in [-0.25, -0.2) is 9.97 Å². The van der Waals surface area contributed by atoms with Crippen LogP contribution < -0.4 is 5.32 Å². The summed E-state index contributed by atoms with van der Waals surface area (Å²) in [5, 5.41) is 4.90. The lowest BCUT2D eigenvalue weighted by Crippen LogP contribution is -2.07. The second-order valence-corrected chi connectivity index (χ2v) is 6.80. The Kier molecular flexibility index (Phi) is 4.93. The highest BCUT2D eigenvalue weighted by atomic mass is 35.5. The van der Waals surface area contributed by atoms with Crippen LogP contribution in [0.4, 0.5) is 5.95 Å². The summed E-state index contributed by atoms with van der Waals surface area (Å²) >= 11 is 8.21. The Labute approximate surface area is 133 Å². The number of hydrogen-bond acceptors (Lipinski definition) is 5. The maximum Gasteiger partial charge on any atom is 0.225 e. The first-order valence-corrected chi connectivity index (χ1v) is 8.69. The van der Waals surface area contributed by atoms with Gasteiger partial charge in [-0.15, -0.1) is 11.3 Å². The average Bonchev–Trinajstić information content (AvgIpc) is 2.66. The predicted octanol–water partition coefficient (Wildman–Crippen LogP) is 4.06. The number of methoxy groups -OCH3 is 1. The summed E-state index contributed by atoms with van der Waals surface area (Å²) in [6.07, 6.45) is 7.01. The summed E-state index contributed by atoms with van der Waals surface area (Å²) in [5.74, 6) is 0.625. The molecule has 0 spiro atoms. The predicted molar refractivity (Wildman–Crippen MR) is 88.7 cm³/mol. The molecule has 2 aromatic rings. The molecule has 0 amide bonds. The van der Waals surface area contributed by atoms with E-state index in [1.807, 2.05) is 0 Å². The van der Waals surface area contributed by atoms with Crippen LogP contribution in [0.25, 0.3) is 10.2 Å². The van der Waals surface area contributed by atoms with Gasteiger partial charge >= 0.3 is 0 Å². The molecule has 0 unspecified atom stereocenters. The lowest BCUT2D eigenvalue weighted by molar-refractivity contribution is 0.197. The molecular formula is C15H20ClN3OS. The maximum atomic E-state index is 6.42. The average molecular weight is 326 g/mol. The summed E-state index contributed by atoms with van der Waals surface area (Å²) in [7, 11) is 1.71. The Hall–Kier alpha value is -0.910. The summed E-state index contributed by atoms with van der Waals surface area (Å²) in [6.45, 7) is 1.52. The minimum Gasteiger partial charge on any atom is -0.385 e. The third-order valence-electron chi connectivity index (χ3n) is 3.83. The number of thiophene rings is 1. The van der Waals surface area contributed by atoms with Crippen LogP contribution in [0.3, 0.4) is 0 Å². The van der Waals surface area contributed by atoms with E-state index < -0.39 is 0 Å². The van der Waals surface area contributed by atoms with E-state index in [9.17, 15) is 0 Å². The fourth-order valence-corrected chi connectivity index (χ4v) is 4.39. The molecule has 3 rings (SSSR count). The zero-order chi connectivity index (χ0) is 14.7. The number of anilines is 1. The molecule has 1 aliphatic carbocycles. The molecule has 6 heteroatoms. The van der Waals surface area contributed by atoms with Gasteiger partial charge in [-0.05, 0) is 37.7 Å². The largest absolute Gasteiger partial charge is 0.385 e.